The lowest BCUT2D eigenvalue weighted by Crippen LogP contribution is -2.59. The van der Waals surface area contributed by atoms with Crippen LogP contribution in [0.2, 0.25) is 0 Å². The number of halogens is 7. The van der Waals surface area contributed by atoms with E-state index in [9.17, 15) is 35.5 Å². The lowest BCUT2D eigenvalue weighted by atomic mass is 9.79. The maximum absolute atomic E-state index is 12.8. The molecule has 0 radical (unpaired) electrons. The molecule has 0 atom stereocenters. The zero-order valence-electron chi connectivity index (χ0n) is 19.4. The smallest absolute Gasteiger partial charge is 0.475 e. The summed E-state index contributed by atoms with van der Waals surface area (Å²) in [5.74, 6) is -5.08. The van der Waals surface area contributed by atoms with E-state index in [1.807, 2.05) is 4.90 Å². The third-order valence-corrected chi connectivity index (χ3v) is 5.15. The quantitative estimate of drug-likeness (QED) is 0.572. The fourth-order valence-electron chi connectivity index (χ4n) is 3.68. The van der Waals surface area contributed by atoms with Gasteiger partial charge in [-0.05, 0) is 31.0 Å². The minimum Gasteiger partial charge on any atom is -0.475 e. The van der Waals surface area contributed by atoms with Gasteiger partial charge in [0.2, 0.25) is 5.91 Å². The van der Waals surface area contributed by atoms with E-state index in [4.69, 9.17) is 19.8 Å². The van der Waals surface area contributed by atoms with Gasteiger partial charge in [0, 0.05) is 37.3 Å². The minimum absolute atomic E-state index is 0.104. The van der Waals surface area contributed by atoms with E-state index in [1.165, 1.54) is 18.7 Å². The molecule has 2 aliphatic rings. The summed E-state index contributed by atoms with van der Waals surface area (Å²) in [6, 6.07) is 2.94. The zero-order chi connectivity index (χ0) is 27.9. The molecule has 1 amide bonds. The molecule has 2 N–H and O–H groups in total. The Morgan fingerprint density at radius 1 is 1.00 bits per heavy atom. The molecule has 0 aliphatic carbocycles. The number of aliphatic carboxylic acids is 2. The molecule has 0 saturated carbocycles. The van der Waals surface area contributed by atoms with Gasteiger partial charge in [-0.1, -0.05) is 13.8 Å². The van der Waals surface area contributed by atoms with Crippen LogP contribution in [0.1, 0.15) is 26.0 Å². The first kappa shape index (κ1) is 31.1. The number of hydrogen-bond donors (Lipinski definition) is 2. The number of carboxylic acids is 2. The van der Waals surface area contributed by atoms with E-state index >= 15 is 0 Å². The third kappa shape index (κ3) is 10.3. The molecule has 8 nitrogen and oxygen atoms in total. The predicted octanol–water partition coefficient (Wildman–Crippen LogP) is 3.22. The van der Waals surface area contributed by atoms with Crippen molar-refractivity contribution in [1.29, 1.82) is 0 Å². The topological polar surface area (TPSA) is 111 Å². The van der Waals surface area contributed by atoms with Crippen molar-refractivity contribution in [3.8, 4) is 0 Å². The summed E-state index contributed by atoms with van der Waals surface area (Å²) in [7, 11) is 0. The summed E-state index contributed by atoms with van der Waals surface area (Å²) < 4.78 is 76.3. The highest BCUT2D eigenvalue weighted by Crippen LogP contribution is 2.39. The van der Waals surface area contributed by atoms with Gasteiger partial charge in [-0.25, -0.2) is 14.0 Å². The highest BCUT2D eigenvalue weighted by atomic mass is 19.4. The molecule has 1 aromatic rings. The van der Waals surface area contributed by atoms with Crippen molar-refractivity contribution in [3.05, 3.63) is 29.8 Å². The Bertz CT molecular complexity index is 875. The minimum atomic E-state index is -5.08. The molecule has 0 bridgehead atoms. The van der Waals surface area contributed by atoms with Crippen molar-refractivity contribution in [2.75, 3.05) is 32.7 Å². The Balaban J connectivity index is 0.000000383. The Morgan fingerprint density at radius 3 is 1.89 bits per heavy atom. The van der Waals surface area contributed by atoms with E-state index in [0.717, 1.165) is 32.7 Å². The number of carboxylic acid groups (broad SMARTS) is 2. The maximum atomic E-state index is 12.8. The van der Waals surface area contributed by atoms with Crippen molar-refractivity contribution in [3.63, 3.8) is 0 Å². The third-order valence-electron chi connectivity index (χ3n) is 5.15. The number of carbonyl (C=O) groups is 3. The Kier molecular flexibility index (Phi) is 10.6. The zero-order valence-corrected chi connectivity index (χ0v) is 19.4. The second-order valence-corrected chi connectivity index (χ2v) is 8.88. The Labute approximate surface area is 201 Å². The number of rotatable bonds is 4. The van der Waals surface area contributed by atoms with Crippen LogP contribution in [0.5, 0.6) is 0 Å². The molecule has 2 saturated heterocycles. The Hall–Kier alpha value is -2.97. The molecule has 36 heavy (non-hydrogen) atoms. The first-order valence-corrected chi connectivity index (χ1v) is 10.6. The Morgan fingerprint density at radius 2 is 1.50 bits per heavy atom. The predicted molar refractivity (Wildman–Crippen MR) is 110 cm³/mol. The average molecular weight is 533 g/mol. The van der Waals surface area contributed by atoms with E-state index < -0.39 is 24.3 Å². The normalized spacial score (nSPS) is 17.0. The highest BCUT2D eigenvalue weighted by molar-refractivity contribution is 5.79. The number of likely N-dealkylation sites (tertiary alicyclic amines) is 2. The average Bonchev–Trinajstić information content (AvgIpc) is 3.11. The largest absolute Gasteiger partial charge is 0.490 e. The van der Waals surface area contributed by atoms with Gasteiger partial charge in [0.1, 0.15) is 5.82 Å². The monoisotopic (exact) mass is 533 g/mol. The fourth-order valence-corrected chi connectivity index (χ4v) is 3.68. The van der Waals surface area contributed by atoms with Crippen LogP contribution >= 0.6 is 0 Å². The summed E-state index contributed by atoms with van der Waals surface area (Å²) in [6.07, 6.45) is -7.54. The summed E-state index contributed by atoms with van der Waals surface area (Å²) in [6.45, 7) is 9.64. The summed E-state index contributed by atoms with van der Waals surface area (Å²) in [5, 5.41) is 14.2. The number of aromatic nitrogens is 1. The van der Waals surface area contributed by atoms with Gasteiger partial charge in [-0.2, -0.15) is 26.3 Å². The number of pyridine rings is 1. The highest BCUT2D eigenvalue weighted by Gasteiger charge is 2.49. The van der Waals surface area contributed by atoms with Gasteiger partial charge in [0.25, 0.3) is 0 Å². The molecule has 0 unspecified atom stereocenters. The molecule has 2 aliphatic heterocycles. The molecule has 2 fully saturated rings. The van der Waals surface area contributed by atoms with E-state index in [1.54, 1.807) is 6.07 Å². The van der Waals surface area contributed by atoms with Crippen LogP contribution in [0.25, 0.3) is 0 Å². The van der Waals surface area contributed by atoms with E-state index in [-0.39, 0.29) is 18.1 Å². The van der Waals surface area contributed by atoms with Crippen LogP contribution in [-0.2, 0) is 20.8 Å². The van der Waals surface area contributed by atoms with Gasteiger partial charge in [0.05, 0.1) is 12.6 Å². The standard InChI is InChI=1S/C17H24FN3O.2C2HF3O2/c1-13(2)9-20-6-5-17(10-20)11-21(12-17)16(22)7-15-4-3-14(18)8-19-15;2*3-2(4,5)1(6)7/h3-4,8,13H,5-7,9-12H2,1-2H3;2*(H,6,7). The van der Waals surface area contributed by atoms with Gasteiger partial charge >= 0.3 is 24.3 Å². The lowest BCUT2D eigenvalue weighted by molar-refractivity contribution is -0.193. The molecule has 1 aromatic heterocycles. The first-order chi connectivity index (χ1) is 16.3. The van der Waals surface area contributed by atoms with Crippen LogP contribution in [0.4, 0.5) is 30.7 Å². The molecule has 0 aromatic carbocycles. The number of carbonyl (C=O) groups excluding carboxylic acids is 1. The molecule has 3 rings (SSSR count). The number of amides is 1. The second-order valence-electron chi connectivity index (χ2n) is 8.88. The fraction of sp³-hybridized carbons (Fsp3) is 0.619. The van der Waals surface area contributed by atoms with Gasteiger partial charge in [0.15, 0.2) is 0 Å². The molecule has 204 valence electrons. The lowest BCUT2D eigenvalue weighted by Gasteiger charge is -2.48. The van der Waals surface area contributed by atoms with E-state index in [2.05, 4.69) is 23.7 Å². The molecular formula is C21H26F7N3O5. The summed E-state index contributed by atoms with van der Waals surface area (Å²) in [5.41, 5.74) is 0.959. The second kappa shape index (κ2) is 12.3. The van der Waals surface area contributed by atoms with Gasteiger partial charge in [-0.15, -0.1) is 0 Å². The van der Waals surface area contributed by atoms with Crippen LogP contribution < -0.4 is 0 Å². The van der Waals surface area contributed by atoms with Gasteiger partial charge in [-0.3, -0.25) is 9.78 Å². The van der Waals surface area contributed by atoms with Crippen molar-refractivity contribution in [1.82, 2.24) is 14.8 Å². The molecule has 3 heterocycles. The van der Waals surface area contributed by atoms with Crippen molar-refractivity contribution < 1.29 is 55.3 Å². The van der Waals surface area contributed by atoms with Crippen LogP contribution in [0, 0.1) is 17.2 Å². The number of alkyl halides is 6. The van der Waals surface area contributed by atoms with E-state index in [0.29, 0.717) is 17.0 Å². The molecule has 1 spiro atoms. The van der Waals surface area contributed by atoms with Crippen molar-refractivity contribution in [2.24, 2.45) is 11.3 Å². The van der Waals surface area contributed by atoms with Crippen molar-refractivity contribution >= 4 is 17.8 Å². The first-order valence-electron chi connectivity index (χ1n) is 10.6. The number of hydrogen-bond acceptors (Lipinski definition) is 5. The summed E-state index contributed by atoms with van der Waals surface area (Å²) in [4.78, 5) is 38.5. The SMILES string of the molecule is CC(C)CN1CCC2(C1)CN(C(=O)Cc1ccc(F)cn1)C2.O=C(O)C(F)(F)F.O=C(O)C(F)(F)F. The number of nitrogens with zero attached hydrogens (tertiary/aromatic N) is 3. The summed E-state index contributed by atoms with van der Waals surface area (Å²) >= 11 is 0. The maximum Gasteiger partial charge on any atom is 0.490 e. The molecule has 15 heteroatoms. The van der Waals surface area contributed by atoms with Crippen molar-refractivity contribution in [2.45, 2.75) is 39.0 Å². The molecular weight excluding hydrogens is 507 g/mol. The van der Waals surface area contributed by atoms with Crippen LogP contribution in [0.15, 0.2) is 18.3 Å². The van der Waals surface area contributed by atoms with Crippen LogP contribution in [-0.4, -0.2) is 87.9 Å². The van der Waals surface area contributed by atoms with Gasteiger partial charge < -0.3 is 20.0 Å². The van der Waals surface area contributed by atoms with Crippen LogP contribution in [0.3, 0.4) is 0 Å².